The molecule has 0 aromatic heterocycles. The molecule has 1 aromatic rings. The third-order valence-corrected chi connectivity index (χ3v) is 6.84. The van der Waals surface area contributed by atoms with Gasteiger partial charge < -0.3 is 14.8 Å². The van der Waals surface area contributed by atoms with Gasteiger partial charge in [-0.3, -0.25) is 4.79 Å². The number of ether oxygens (including phenoxy) is 2. The molecule has 0 aliphatic carbocycles. The lowest BCUT2D eigenvalue weighted by Crippen LogP contribution is -2.35. The second-order valence-corrected chi connectivity index (χ2v) is 11.2. The molecule has 0 radical (unpaired) electrons. The van der Waals surface area contributed by atoms with Gasteiger partial charge in [0.15, 0.2) is 0 Å². The van der Waals surface area contributed by atoms with Crippen molar-refractivity contribution < 1.29 is 14.3 Å². The Morgan fingerprint density at radius 1 is 1.10 bits per heavy atom. The number of nitrogens with zero attached hydrogens (tertiary/aromatic N) is 1. The van der Waals surface area contributed by atoms with Gasteiger partial charge in [-0.05, 0) is 59.4 Å². The van der Waals surface area contributed by atoms with Gasteiger partial charge in [-0.15, -0.1) is 0 Å². The number of carbonyl (C=O) groups excluding carboxylic acids is 1. The Hall–Kier alpha value is -1.46. The van der Waals surface area contributed by atoms with Crippen LogP contribution in [0.25, 0.3) is 0 Å². The molecule has 1 amide bonds. The first-order valence-corrected chi connectivity index (χ1v) is 11.8. The molecule has 0 saturated carbocycles. The first-order chi connectivity index (χ1) is 14.4. The summed E-state index contributed by atoms with van der Waals surface area (Å²) in [5, 5.41) is 12.6. The SMILES string of the molecule is COC(C)(C)CCOC(C)(C)CCNC(=O)CCC(C)(C#N)SC(=S)c1ccccc1. The van der Waals surface area contributed by atoms with E-state index in [-0.39, 0.29) is 23.5 Å². The van der Waals surface area contributed by atoms with E-state index in [4.69, 9.17) is 21.7 Å². The lowest BCUT2D eigenvalue weighted by Gasteiger charge is -2.29. The summed E-state index contributed by atoms with van der Waals surface area (Å²) >= 11 is 6.82. The molecule has 31 heavy (non-hydrogen) atoms. The van der Waals surface area contributed by atoms with Crippen LogP contribution in [-0.4, -0.2) is 46.3 Å². The van der Waals surface area contributed by atoms with Crippen molar-refractivity contribution in [2.45, 2.75) is 76.3 Å². The van der Waals surface area contributed by atoms with E-state index in [0.717, 1.165) is 12.0 Å². The van der Waals surface area contributed by atoms with Gasteiger partial charge in [0, 0.05) is 20.1 Å². The Balaban J connectivity index is 2.39. The van der Waals surface area contributed by atoms with E-state index >= 15 is 0 Å². The smallest absolute Gasteiger partial charge is 0.220 e. The molecule has 0 saturated heterocycles. The largest absolute Gasteiger partial charge is 0.379 e. The van der Waals surface area contributed by atoms with E-state index in [1.807, 2.05) is 65.0 Å². The van der Waals surface area contributed by atoms with E-state index in [2.05, 4.69) is 11.4 Å². The maximum atomic E-state index is 12.3. The molecule has 7 heteroatoms. The number of nitrogens with one attached hydrogen (secondary N) is 1. The zero-order valence-electron chi connectivity index (χ0n) is 19.6. The molecule has 1 atom stereocenters. The molecule has 0 bridgehead atoms. The van der Waals surface area contributed by atoms with Crippen molar-refractivity contribution in [3.8, 4) is 6.07 Å². The van der Waals surface area contributed by atoms with E-state index in [1.165, 1.54) is 11.8 Å². The van der Waals surface area contributed by atoms with Crippen LogP contribution in [0.4, 0.5) is 0 Å². The van der Waals surface area contributed by atoms with Gasteiger partial charge in [-0.2, -0.15) is 5.26 Å². The van der Waals surface area contributed by atoms with Crippen molar-refractivity contribution in [3.05, 3.63) is 35.9 Å². The van der Waals surface area contributed by atoms with E-state index < -0.39 is 4.75 Å². The summed E-state index contributed by atoms with van der Waals surface area (Å²) in [5.41, 5.74) is 0.374. The number of benzene rings is 1. The number of hydrogen-bond donors (Lipinski definition) is 1. The van der Waals surface area contributed by atoms with Crippen molar-refractivity contribution in [2.24, 2.45) is 0 Å². The summed E-state index contributed by atoms with van der Waals surface area (Å²) in [6, 6.07) is 11.9. The second kappa shape index (κ2) is 12.5. The average Bonchev–Trinajstić information content (AvgIpc) is 2.72. The fourth-order valence-electron chi connectivity index (χ4n) is 2.66. The average molecular weight is 465 g/mol. The minimum absolute atomic E-state index is 0.0657. The number of carbonyl (C=O) groups is 1. The van der Waals surface area contributed by atoms with Crippen LogP contribution in [-0.2, 0) is 14.3 Å². The van der Waals surface area contributed by atoms with Crippen molar-refractivity contribution in [1.82, 2.24) is 5.32 Å². The van der Waals surface area contributed by atoms with Crippen molar-refractivity contribution in [3.63, 3.8) is 0 Å². The van der Waals surface area contributed by atoms with Crippen molar-refractivity contribution in [2.75, 3.05) is 20.3 Å². The van der Waals surface area contributed by atoms with Gasteiger partial charge >= 0.3 is 0 Å². The summed E-state index contributed by atoms with van der Waals surface area (Å²) in [7, 11) is 1.70. The standard InChI is InChI=1S/C24H36N2O3S2/c1-22(2,28-6)15-17-29-23(3,4)14-16-26-20(27)12-13-24(5,18-25)31-21(30)19-10-8-7-9-11-19/h7-11H,12-17H2,1-6H3,(H,26,27). The Kier molecular flexibility index (Phi) is 11.2. The van der Waals surface area contributed by atoms with Crippen molar-refractivity contribution in [1.29, 1.82) is 5.26 Å². The molecule has 172 valence electrons. The van der Waals surface area contributed by atoms with Crippen LogP contribution in [0.15, 0.2) is 30.3 Å². The number of thioether (sulfide) groups is 1. The fourth-order valence-corrected chi connectivity index (χ4v) is 4.26. The summed E-state index contributed by atoms with van der Waals surface area (Å²) in [6.45, 7) is 11.1. The maximum absolute atomic E-state index is 12.3. The van der Waals surface area contributed by atoms with Gasteiger partial charge in [0.2, 0.25) is 5.91 Å². The molecule has 1 rings (SSSR count). The minimum Gasteiger partial charge on any atom is -0.379 e. The molecule has 0 aliphatic heterocycles. The predicted octanol–water partition coefficient (Wildman–Crippen LogP) is 5.27. The van der Waals surface area contributed by atoms with Gasteiger partial charge in [-0.1, -0.05) is 54.3 Å². The highest BCUT2D eigenvalue weighted by molar-refractivity contribution is 8.24. The number of methoxy groups -OCH3 is 1. The number of thiocarbonyl (C=S) groups is 1. The van der Waals surface area contributed by atoms with Crippen LogP contribution < -0.4 is 5.32 Å². The molecule has 1 N–H and O–H groups in total. The molecule has 0 fully saturated rings. The highest BCUT2D eigenvalue weighted by Crippen LogP contribution is 2.33. The van der Waals surface area contributed by atoms with Crippen molar-refractivity contribution >= 4 is 34.1 Å². The van der Waals surface area contributed by atoms with Gasteiger partial charge in [0.1, 0.15) is 4.75 Å². The van der Waals surface area contributed by atoms with Crippen LogP contribution in [0.2, 0.25) is 0 Å². The Morgan fingerprint density at radius 2 is 1.74 bits per heavy atom. The Morgan fingerprint density at radius 3 is 2.32 bits per heavy atom. The number of nitriles is 1. The lowest BCUT2D eigenvalue weighted by molar-refractivity contribution is -0.121. The molecule has 5 nitrogen and oxygen atoms in total. The Labute approximate surface area is 197 Å². The maximum Gasteiger partial charge on any atom is 0.220 e. The monoisotopic (exact) mass is 464 g/mol. The molecule has 1 unspecified atom stereocenters. The molecular formula is C24H36N2O3S2. The molecule has 0 aliphatic rings. The normalized spacial score (nSPS) is 13.8. The van der Waals surface area contributed by atoms with E-state index in [0.29, 0.717) is 30.2 Å². The second-order valence-electron chi connectivity index (χ2n) is 9.02. The molecule has 0 spiro atoms. The molecule has 0 heterocycles. The molecule has 1 aromatic carbocycles. The number of rotatable bonds is 13. The third-order valence-electron chi connectivity index (χ3n) is 5.19. The minimum atomic E-state index is -0.749. The Bertz CT molecular complexity index is 760. The summed E-state index contributed by atoms with van der Waals surface area (Å²) in [5.74, 6) is -0.0657. The van der Waals surface area contributed by atoms with Gasteiger partial charge in [0.05, 0.1) is 28.1 Å². The number of amides is 1. The summed E-state index contributed by atoms with van der Waals surface area (Å²) in [4.78, 5) is 12.3. The van der Waals surface area contributed by atoms with Crippen LogP contribution in [0.3, 0.4) is 0 Å². The topological polar surface area (TPSA) is 71.3 Å². The van der Waals surface area contributed by atoms with Crippen LogP contribution in [0, 0.1) is 11.3 Å². The highest BCUT2D eigenvalue weighted by atomic mass is 32.2. The summed E-state index contributed by atoms with van der Waals surface area (Å²) in [6.07, 6.45) is 2.21. The van der Waals surface area contributed by atoms with E-state index in [9.17, 15) is 10.1 Å². The quantitative estimate of drug-likeness (QED) is 0.401. The van der Waals surface area contributed by atoms with E-state index in [1.54, 1.807) is 7.11 Å². The first kappa shape index (κ1) is 27.6. The molecular weight excluding hydrogens is 428 g/mol. The van der Waals surface area contributed by atoms with Gasteiger partial charge in [0.25, 0.3) is 0 Å². The zero-order chi connectivity index (χ0) is 23.5. The summed E-state index contributed by atoms with van der Waals surface area (Å²) < 4.78 is 11.3. The first-order valence-electron chi connectivity index (χ1n) is 10.6. The van der Waals surface area contributed by atoms with Gasteiger partial charge in [-0.25, -0.2) is 0 Å². The van der Waals surface area contributed by atoms with Crippen LogP contribution in [0.1, 0.15) is 65.9 Å². The highest BCUT2D eigenvalue weighted by Gasteiger charge is 2.28. The zero-order valence-corrected chi connectivity index (χ0v) is 21.3. The predicted molar refractivity (Wildman–Crippen MR) is 132 cm³/mol. The third kappa shape index (κ3) is 11.1. The fraction of sp³-hybridized carbons (Fsp3) is 0.625. The number of hydrogen-bond acceptors (Lipinski definition) is 6. The van der Waals surface area contributed by atoms with Crippen LogP contribution >= 0.6 is 24.0 Å². The van der Waals surface area contributed by atoms with Crippen LogP contribution in [0.5, 0.6) is 0 Å². The lowest BCUT2D eigenvalue weighted by atomic mass is 10.0.